The number of hydrogen-bond donors (Lipinski definition) is 1. The third kappa shape index (κ3) is 8.84. The molecule has 6 heavy (non-hydrogen) atoms. The van der Waals surface area contributed by atoms with Crippen molar-refractivity contribution in [3.63, 3.8) is 0 Å². The topological polar surface area (TPSA) is 46.5 Å². The molecule has 0 aliphatic rings. The van der Waals surface area contributed by atoms with Crippen LogP contribution in [0.1, 0.15) is 0 Å². The zero-order chi connectivity index (χ0) is 4.28. The Bertz CT molecular complexity index is 46.1. The maximum absolute atomic E-state index is 9.33. The second kappa shape index (κ2) is 5.77. The van der Waals surface area contributed by atoms with Crippen LogP contribution in [-0.4, -0.2) is 32.7 Å². The van der Waals surface area contributed by atoms with Crippen LogP contribution in [0.2, 0.25) is 0 Å². The average molecular weight is 141 g/mol. The lowest BCUT2D eigenvalue weighted by molar-refractivity contribution is 0.424. The fraction of sp³-hybridized carbons (Fsp3) is 0. The van der Waals surface area contributed by atoms with Gasteiger partial charge in [0.25, 0.3) is 0 Å². The van der Waals surface area contributed by atoms with Crippen LogP contribution in [0.15, 0.2) is 0 Å². The summed E-state index contributed by atoms with van der Waals surface area (Å²) in [5.74, 6) is 0. The predicted molar refractivity (Wildman–Crippen MR) is 30.8 cm³/mol. The summed E-state index contributed by atoms with van der Waals surface area (Å²) in [4.78, 5) is 7.68. The van der Waals surface area contributed by atoms with Gasteiger partial charge in [0.1, 0.15) is 0 Å². The molecular formula is H7AlO3PSi+. The molecule has 0 radical (unpaired) electrons. The van der Waals surface area contributed by atoms with Crippen LogP contribution in [0.5, 0.6) is 0 Å². The first-order chi connectivity index (χ1) is 2.27. The van der Waals surface area contributed by atoms with Gasteiger partial charge in [-0.15, -0.1) is 4.89 Å². The zero-order valence-corrected chi connectivity index (χ0v) is 5.61. The Morgan fingerprint density at radius 3 is 2.00 bits per heavy atom. The lowest BCUT2D eigenvalue weighted by Crippen LogP contribution is -1.61. The van der Waals surface area contributed by atoms with E-state index in [9.17, 15) is 4.57 Å². The summed E-state index contributed by atoms with van der Waals surface area (Å²) in [5.41, 5.74) is 0. The van der Waals surface area contributed by atoms with Gasteiger partial charge in [0.15, 0.2) is 17.4 Å². The minimum absolute atomic E-state index is 0. The molecule has 0 rings (SSSR count). The molecule has 1 unspecified atom stereocenters. The van der Waals surface area contributed by atoms with Gasteiger partial charge in [-0.1, -0.05) is 0 Å². The largest absolute Gasteiger partial charge is 0.681 e. The minimum Gasteiger partial charge on any atom is -0.188 e. The van der Waals surface area contributed by atoms with E-state index in [1.165, 1.54) is 0 Å². The second-order valence-electron chi connectivity index (χ2n) is 0.420. The molecule has 0 saturated carbocycles. The zero-order valence-electron chi connectivity index (χ0n) is 2.71. The van der Waals surface area contributed by atoms with Crippen molar-refractivity contribution in [3.8, 4) is 0 Å². The van der Waals surface area contributed by atoms with Gasteiger partial charge in [-0.3, -0.25) is 0 Å². The molecule has 1 atom stereocenters. The summed E-state index contributed by atoms with van der Waals surface area (Å²) in [6.07, 6.45) is 0. The summed E-state index contributed by atoms with van der Waals surface area (Å²) in [7, 11) is -1.95. The van der Waals surface area contributed by atoms with Crippen molar-refractivity contribution in [2.24, 2.45) is 0 Å². The van der Waals surface area contributed by atoms with Crippen LogP contribution in [0.25, 0.3) is 0 Å². The maximum Gasteiger partial charge on any atom is 0.681 e. The Balaban J connectivity index is 0. The van der Waals surface area contributed by atoms with Gasteiger partial charge < -0.3 is 0 Å². The van der Waals surface area contributed by atoms with E-state index in [4.69, 9.17) is 4.89 Å². The number of rotatable bonds is 1. The molecule has 0 aliphatic heterocycles. The Labute approximate surface area is 50.3 Å². The van der Waals surface area contributed by atoms with Crippen molar-refractivity contribution < 1.29 is 13.7 Å². The van der Waals surface area contributed by atoms with Crippen molar-refractivity contribution in [1.82, 2.24) is 0 Å². The molecule has 0 aromatic heterocycles. The SMILES string of the molecule is O=[P+](O)O[SiH3].[AlH3]. The van der Waals surface area contributed by atoms with Gasteiger partial charge in [-0.05, 0) is 0 Å². The van der Waals surface area contributed by atoms with E-state index in [1.54, 1.807) is 0 Å². The van der Waals surface area contributed by atoms with Gasteiger partial charge in [0, 0.05) is 4.57 Å². The fourth-order valence-corrected chi connectivity index (χ4v) is 0. The second-order valence-corrected chi connectivity index (χ2v) is 2.36. The van der Waals surface area contributed by atoms with Crippen molar-refractivity contribution in [3.05, 3.63) is 0 Å². The van der Waals surface area contributed by atoms with Crippen LogP contribution < -0.4 is 0 Å². The van der Waals surface area contributed by atoms with E-state index in [0.717, 1.165) is 0 Å². The van der Waals surface area contributed by atoms with Crippen LogP contribution >= 0.6 is 8.25 Å². The number of hydrogen-bond acceptors (Lipinski definition) is 2. The van der Waals surface area contributed by atoms with Crippen LogP contribution in [0.3, 0.4) is 0 Å². The van der Waals surface area contributed by atoms with Crippen LogP contribution in [0, 0.1) is 0 Å². The van der Waals surface area contributed by atoms with E-state index in [-0.39, 0.29) is 17.4 Å². The molecule has 0 heterocycles. The third-order valence-electron chi connectivity index (χ3n) is 0.156. The van der Waals surface area contributed by atoms with E-state index >= 15 is 0 Å². The molecule has 1 N–H and O–H groups in total. The smallest absolute Gasteiger partial charge is 0.188 e. The molecular weight excluding hydrogens is 134 g/mol. The molecule has 3 nitrogen and oxygen atoms in total. The summed E-state index contributed by atoms with van der Waals surface area (Å²) < 4.78 is 13.3. The lowest BCUT2D eigenvalue weighted by Gasteiger charge is -1.56. The van der Waals surface area contributed by atoms with Crippen LogP contribution in [-0.2, 0) is 8.78 Å². The summed E-state index contributed by atoms with van der Waals surface area (Å²) >= 11 is 0. The van der Waals surface area contributed by atoms with E-state index in [0.29, 0.717) is 10.5 Å². The summed E-state index contributed by atoms with van der Waals surface area (Å²) in [6.45, 7) is 0. The summed E-state index contributed by atoms with van der Waals surface area (Å²) in [5, 5.41) is 0. The molecule has 0 spiro atoms. The van der Waals surface area contributed by atoms with Crippen molar-refractivity contribution in [2.45, 2.75) is 0 Å². The molecule has 0 aliphatic carbocycles. The van der Waals surface area contributed by atoms with Crippen molar-refractivity contribution in [1.29, 1.82) is 0 Å². The van der Waals surface area contributed by atoms with Crippen LogP contribution in [0.4, 0.5) is 0 Å². The fourth-order valence-electron chi connectivity index (χ4n) is 0. The highest BCUT2D eigenvalue weighted by Gasteiger charge is 2.01. The highest BCUT2D eigenvalue weighted by Crippen LogP contribution is 2.08. The minimum atomic E-state index is -2.29. The molecule has 0 aromatic carbocycles. The molecule has 6 heteroatoms. The summed E-state index contributed by atoms with van der Waals surface area (Å²) in [6, 6.07) is 0. The Morgan fingerprint density at radius 2 is 2.00 bits per heavy atom. The molecule has 0 fully saturated rings. The highest BCUT2D eigenvalue weighted by atomic mass is 31.1. The monoisotopic (exact) mass is 141 g/mol. The van der Waals surface area contributed by atoms with Crippen molar-refractivity contribution >= 4 is 36.1 Å². The van der Waals surface area contributed by atoms with Gasteiger partial charge in [-0.2, -0.15) is 4.21 Å². The van der Waals surface area contributed by atoms with Gasteiger partial charge >= 0.3 is 8.25 Å². The molecule has 0 aromatic rings. The first kappa shape index (κ1) is 9.91. The third-order valence-corrected chi connectivity index (χ3v) is 1.41. The first-order valence-electron chi connectivity index (χ1n) is 0.973. The Hall–Kier alpha value is 0.769. The molecule has 0 amide bonds. The van der Waals surface area contributed by atoms with Gasteiger partial charge in [-0.25, -0.2) is 0 Å². The van der Waals surface area contributed by atoms with Gasteiger partial charge in [0.2, 0.25) is 10.5 Å². The lowest BCUT2D eigenvalue weighted by atomic mass is 15.8. The predicted octanol–water partition coefficient (Wildman–Crippen LogP) is -2.25. The van der Waals surface area contributed by atoms with E-state index in [2.05, 4.69) is 4.21 Å². The Kier molecular flexibility index (Phi) is 9.52. The van der Waals surface area contributed by atoms with Gasteiger partial charge in [0.05, 0.1) is 0 Å². The Morgan fingerprint density at radius 1 is 1.83 bits per heavy atom. The normalized spacial score (nSPS) is 9.83. The molecule has 0 saturated heterocycles. The van der Waals surface area contributed by atoms with E-state index in [1.807, 2.05) is 0 Å². The average Bonchev–Trinajstić information content (AvgIpc) is 1.38. The first-order valence-corrected chi connectivity index (χ1v) is 2.92. The molecule has 36 valence electrons. The van der Waals surface area contributed by atoms with Crippen molar-refractivity contribution in [2.75, 3.05) is 0 Å². The highest BCUT2D eigenvalue weighted by molar-refractivity contribution is 7.33. The van der Waals surface area contributed by atoms with E-state index < -0.39 is 8.25 Å². The standard InChI is InChI=1S/Al.H3O3PSi.3H/c;1-4(2)3-5;;;/h;5H3;;;/p+1. The maximum atomic E-state index is 9.33. The quantitative estimate of drug-likeness (QED) is 0.331. The molecule has 0 bridgehead atoms.